The van der Waals surface area contributed by atoms with Crippen LogP contribution >= 0.6 is 0 Å². The lowest BCUT2D eigenvalue weighted by atomic mass is 9.84. The Morgan fingerprint density at radius 2 is 1.95 bits per heavy atom. The third-order valence-corrected chi connectivity index (χ3v) is 4.31. The molecule has 4 heteroatoms. The van der Waals surface area contributed by atoms with Crippen LogP contribution in [0.1, 0.15) is 23.2 Å². The predicted octanol–water partition coefficient (Wildman–Crippen LogP) is 1.98. The smallest absolute Gasteiger partial charge is 0.337 e. The highest BCUT2D eigenvalue weighted by Crippen LogP contribution is 2.29. The van der Waals surface area contributed by atoms with Crippen molar-refractivity contribution in [3.63, 3.8) is 0 Å². The minimum Gasteiger partial charge on any atom is -0.465 e. The van der Waals surface area contributed by atoms with E-state index >= 15 is 0 Å². The summed E-state index contributed by atoms with van der Waals surface area (Å²) in [5.74, 6) is 0.514. The van der Waals surface area contributed by atoms with Gasteiger partial charge in [0.25, 0.3) is 0 Å². The van der Waals surface area contributed by atoms with Crippen LogP contribution in [-0.4, -0.2) is 43.7 Å². The number of rotatable bonds is 3. The molecule has 1 N–H and O–H groups in total. The van der Waals surface area contributed by atoms with Gasteiger partial charge in [-0.15, -0.1) is 0 Å². The molecule has 0 saturated carbocycles. The van der Waals surface area contributed by atoms with Gasteiger partial charge in [-0.25, -0.2) is 4.79 Å². The fourth-order valence-electron chi connectivity index (χ4n) is 3.16. The first kappa shape index (κ1) is 12.5. The number of piperidine rings is 3. The molecule has 0 radical (unpaired) electrons. The summed E-state index contributed by atoms with van der Waals surface area (Å²) in [7, 11) is 1.40. The lowest BCUT2D eigenvalue weighted by Crippen LogP contribution is -2.53. The van der Waals surface area contributed by atoms with Crippen LogP contribution in [0.5, 0.6) is 0 Å². The number of nitrogens with one attached hydrogen (secondary N) is 1. The largest absolute Gasteiger partial charge is 0.465 e. The number of benzene rings is 1. The van der Waals surface area contributed by atoms with E-state index in [0.29, 0.717) is 11.6 Å². The van der Waals surface area contributed by atoms with E-state index < -0.39 is 0 Å². The molecule has 0 amide bonds. The number of nitrogens with zero attached hydrogens (tertiary/aromatic N) is 1. The number of hydrogen-bond donors (Lipinski definition) is 1. The predicted molar refractivity (Wildman–Crippen MR) is 74.4 cm³/mol. The maximum atomic E-state index is 11.4. The summed E-state index contributed by atoms with van der Waals surface area (Å²) in [5, 5.41) is 3.60. The van der Waals surface area contributed by atoms with Crippen LogP contribution in [0.2, 0.25) is 0 Å². The van der Waals surface area contributed by atoms with Gasteiger partial charge < -0.3 is 15.0 Å². The number of anilines is 1. The highest BCUT2D eigenvalue weighted by atomic mass is 16.5. The molecule has 3 aliphatic rings. The second-order valence-electron chi connectivity index (χ2n) is 5.46. The van der Waals surface area contributed by atoms with E-state index in [1.807, 2.05) is 24.3 Å². The average Bonchev–Trinajstić information content (AvgIpc) is 2.48. The van der Waals surface area contributed by atoms with E-state index in [4.69, 9.17) is 4.74 Å². The Labute approximate surface area is 113 Å². The van der Waals surface area contributed by atoms with Crippen molar-refractivity contribution in [1.29, 1.82) is 0 Å². The van der Waals surface area contributed by atoms with E-state index in [-0.39, 0.29) is 5.97 Å². The van der Waals surface area contributed by atoms with Gasteiger partial charge in [0.05, 0.1) is 12.7 Å². The third-order valence-electron chi connectivity index (χ3n) is 4.31. The van der Waals surface area contributed by atoms with Crippen molar-refractivity contribution in [3.8, 4) is 0 Å². The van der Waals surface area contributed by atoms with Crippen molar-refractivity contribution in [1.82, 2.24) is 4.90 Å². The SMILES string of the molecule is COC(=O)c1ccc(NC2CN3CCC2CC3)cc1. The van der Waals surface area contributed by atoms with Gasteiger partial charge in [0.1, 0.15) is 0 Å². The van der Waals surface area contributed by atoms with Crippen LogP contribution in [-0.2, 0) is 4.74 Å². The van der Waals surface area contributed by atoms with Gasteiger partial charge in [-0.1, -0.05) is 0 Å². The Balaban J connectivity index is 1.65. The van der Waals surface area contributed by atoms with Crippen LogP contribution < -0.4 is 5.32 Å². The molecule has 1 atom stereocenters. The highest BCUT2D eigenvalue weighted by Gasteiger charge is 2.33. The zero-order valence-corrected chi connectivity index (χ0v) is 11.3. The summed E-state index contributed by atoms with van der Waals surface area (Å²) in [4.78, 5) is 13.9. The number of methoxy groups -OCH3 is 1. The molecule has 3 saturated heterocycles. The van der Waals surface area contributed by atoms with E-state index in [2.05, 4.69) is 10.2 Å². The van der Waals surface area contributed by atoms with Crippen molar-refractivity contribution in [2.24, 2.45) is 5.92 Å². The summed E-state index contributed by atoms with van der Waals surface area (Å²) >= 11 is 0. The first-order chi connectivity index (χ1) is 9.26. The Morgan fingerprint density at radius 3 is 2.47 bits per heavy atom. The Kier molecular flexibility index (Phi) is 3.42. The Morgan fingerprint density at radius 1 is 1.26 bits per heavy atom. The van der Waals surface area contributed by atoms with E-state index in [1.54, 1.807) is 0 Å². The molecular weight excluding hydrogens is 240 g/mol. The summed E-state index contributed by atoms with van der Waals surface area (Å²) in [6.07, 6.45) is 2.61. The fraction of sp³-hybridized carbons (Fsp3) is 0.533. The lowest BCUT2D eigenvalue weighted by Gasteiger charge is -2.45. The summed E-state index contributed by atoms with van der Waals surface area (Å²) in [6, 6.07) is 8.10. The molecule has 102 valence electrons. The maximum absolute atomic E-state index is 11.4. The standard InChI is InChI=1S/C15H20N2O2/c1-19-15(18)12-2-4-13(5-3-12)16-14-10-17-8-6-11(14)7-9-17/h2-5,11,14,16H,6-10H2,1H3. The van der Waals surface area contributed by atoms with Gasteiger partial charge in [-0.2, -0.15) is 0 Å². The van der Waals surface area contributed by atoms with Crippen molar-refractivity contribution < 1.29 is 9.53 Å². The molecule has 1 unspecified atom stereocenters. The van der Waals surface area contributed by atoms with Gasteiger partial charge in [0.2, 0.25) is 0 Å². The molecule has 2 bridgehead atoms. The third kappa shape index (κ3) is 2.59. The van der Waals surface area contributed by atoms with Crippen LogP contribution in [0.3, 0.4) is 0 Å². The number of fused-ring (bicyclic) bond motifs is 3. The topological polar surface area (TPSA) is 41.6 Å². The fourth-order valence-corrected chi connectivity index (χ4v) is 3.16. The zero-order valence-electron chi connectivity index (χ0n) is 11.3. The van der Waals surface area contributed by atoms with Gasteiger partial charge >= 0.3 is 5.97 Å². The number of hydrogen-bond acceptors (Lipinski definition) is 4. The Hall–Kier alpha value is -1.55. The van der Waals surface area contributed by atoms with Crippen LogP contribution in [0, 0.1) is 5.92 Å². The number of carbonyl (C=O) groups excluding carboxylic acids is 1. The van der Waals surface area contributed by atoms with Gasteiger partial charge in [-0.05, 0) is 56.1 Å². The molecular formula is C15H20N2O2. The quantitative estimate of drug-likeness (QED) is 0.844. The molecule has 1 aromatic carbocycles. The minimum atomic E-state index is -0.283. The summed E-state index contributed by atoms with van der Waals surface area (Å²) in [6.45, 7) is 3.65. The van der Waals surface area contributed by atoms with Crippen molar-refractivity contribution >= 4 is 11.7 Å². The monoisotopic (exact) mass is 260 g/mol. The molecule has 0 aromatic heterocycles. The molecule has 3 fully saturated rings. The van der Waals surface area contributed by atoms with Crippen molar-refractivity contribution in [2.45, 2.75) is 18.9 Å². The molecule has 4 nitrogen and oxygen atoms in total. The van der Waals surface area contributed by atoms with Crippen molar-refractivity contribution in [2.75, 3.05) is 32.1 Å². The first-order valence-electron chi connectivity index (χ1n) is 6.93. The van der Waals surface area contributed by atoms with Crippen LogP contribution in [0.4, 0.5) is 5.69 Å². The number of carbonyl (C=O) groups is 1. The molecule has 0 spiro atoms. The van der Waals surface area contributed by atoms with Gasteiger partial charge in [0.15, 0.2) is 0 Å². The molecule has 3 heterocycles. The van der Waals surface area contributed by atoms with E-state index in [1.165, 1.54) is 33.0 Å². The number of ether oxygens (including phenoxy) is 1. The Bertz CT molecular complexity index is 450. The van der Waals surface area contributed by atoms with Crippen molar-refractivity contribution in [3.05, 3.63) is 29.8 Å². The second kappa shape index (κ2) is 5.21. The minimum absolute atomic E-state index is 0.283. The molecule has 4 rings (SSSR count). The lowest BCUT2D eigenvalue weighted by molar-refractivity contribution is 0.0601. The summed E-state index contributed by atoms with van der Waals surface area (Å²) < 4.78 is 4.70. The maximum Gasteiger partial charge on any atom is 0.337 e. The second-order valence-corrected chi connectivity index (χ2v) is 5.46. The number of esters is 1. The van der Waals surface area contributed by atoms with E-state index in [0.717, 1.165) is 18.2 Å². The molecule has 19 heavy (non-hydrogen) atoms. The zero-order chi connectivity index (χ0) is 13.2. The van der Waals surface area contributed by atoms with Crippen LogP contribution in [0.15, 0.2) is 24.3 Å². The summed E-state index contributed by atoms with van der Waals surface area (Å²) in [5.41, 5.74) is 1.69. The molecule has 3 aliphatic heterocycles. The van der Waals surface area contributed by atoms with Crippen LogP contribution in [0.25, 0.3) is 0 Å². The average molecular weight is 260 g/mol. The molecule has 1 aromatic rings. The van der Waals surface area contributed by atoms with Gasteiger partial charge in [-0.3, -0.25) is 0 Å². The normalized spacial score (nSPS) is 29.0. The molecule has 0 aliphatic carbocycles. The van der Waals surface area contributed by atoms with E-state index in [9.17, 15) is 4.79 Å². The van der Waals surface area contributed by atoms with Gasteiger partial charge in [0, 0.05) is 18.3 Å². The highest BCUT2D eigenvalue weighted by molar-refractivity contribution is 5.89. The first-order valence-corrected chi connectivity index (χ1v) is 6.93.